The number of hydrogen-bond donors (Lipinski definition) is 0. The molecule has 64 heavy (non-hydrogen) atoms. The Morgan fingerprint density at radius 3 is 0.828 bits per heavy atom. The molecule has 0 amide bonds. The highest BCUT2D eigenvalue weighted by atomic mass is 15.2. The Morgan fingerprint density at radius 1 is 0.172 bits per heavy atom. The van der Waals surface area contributed by atoms with Gasteiger partial charge in [0.2, 0.25) is 0 Å². The van der Waals surface area contributed by atoms with Gasteiger partial charge in [0, 0.05) is 34.1 Å². The number of nitrogens with zero attached hydrogens (tertiary/aromatic N) is 2. The minimum Gasteiger partial charge on any atom is -0.310 e. The molecule has 0 bridgehead atoms. The lowest BCUT2D eigenvalue weighted by molar-refractivity contribution is 1.26. The molecule has 0 aliphatic rings. The molecule has 0 aromatic heterocycles. The van der Waals surface area contributed by atoms with Gasteiger partial charge in [0.25, 0.3) is 0 Å². The smallest absolute Gasteiger partial charge is 0.0473 e. The lowest BCUT2D eigenvalue weighted by Gasteiger charge is -2.29. The zero-order valence-corrected chi connectivity index (χ0v) is 35.0. The third-order valence-electron chi connectivity index (χ3n) is 13.2. The van der Waals surface area contributed by atoms with E-state index in [1.165, 1.54) is 86.9 Å². The molecule has 0 fully saturated rings. The van der Waals surface area contributed by atoms with Crippen LogP contribution in [-0.4, -0.2) is 0 Å². The first-order chi connectivity index (χ1) is 31.7. The van der Waals surface area contributed by atoms with Crippen molar-refractivity contribution < 1.29 is 0 Å². The van der Waals surface area contributed by atoms with Gasteiger partial charge in [-0.1, -0.05) is 170 Å². The van der Waals surface area contributed by atoms with Crippen LogP contribution in [-0.2, 0) is 0 Å². The molecule has 298 valence electrons. The number of rotatable bonds is 8. The standard InChI is InChI=1S/C62H40N2/c1-3-11-41(12-4-1)47-19-9-21-55(35-47)63(57-37-49-27-23-43-15-7-16-44-24-28-50(38-57)61(49)59(43)44)53-31-33-54(34-32-53)64(56-22-10-20-48(36-56)42-13-5-2-6-14-42)58-39-51-29-25-45-17-8-18-46-26-30-52(40-58)62(51)60(45)46/h1-40H. The summed E-state index contributed by atoms with van der Waals surface area (Å²) < 4.78 is 0. The summed E-state index contributed by atoms with van der Waals surface area (Å²) in [5, 5.41) is 15.3. The van der Waals surface area contributed by atoms with Gasteiger partial charge in [0.15, 0.2) is 0 Å². The minimum absolute atomic E-state index is 1.08. The molecule has 0 aliphatic heterocycles. The second-order valence-corrected chi connectivity index (χ2v) is 17.0. The first-order valence-corrected chi connectivity index (χ1v) is 22.1. The molecule has 2 nitrogen and oxygen atoms in total. The van der Waals surface area contributed by atoms with Crippen LogP contribution < -0.4 is 9.80 Å². The van der Waals surface area contributed by atoms with Gasteiger partial charge < -0.3 is 9.80 Å². The Morgan fingerprint density at radius 2 is 0.469 bits per heavy atom. The van der Waals surface area contributed by atoms with Gasteiger partial charge in [-0.25, -0.2) is 0 Å². The van der Waals surface area contributed by atoms with Crippen LogP contribution in [0.1, 0.15) is 0 Å². The van der Waals surface area contributed by atoms with Crippen LogP contribution in [0.2, 0.25) is 0 Å². The lowest BCUT2D eigenvalue weighted by atomic mass is 9.93. The van der Waals surface area contributed by atoms with Gasteiger partial charge in [-0.15, -0.1) is 0 Å². The molecular formula is C62H40N2. The summed E-state index contributed by atoms with van der Waals surface area (Å²) in [4.78, 5) is 4.83. The van der Waals surface area contributed by atoms with Crippen molar-refractivity contribution in [1.82, 2.24) is 0 Å². The molecule has 0 saturated heterocycles. The van der Waals surface area contributed by atoms with Gasteiger partial charge >= 0.3 is 0 Å². The van der Waals surface area contributed by atoms with Gasteiger partial charge in [-0.05, 0) is 160 Å². The van der Waals surface area contributed by atoms with E-state index in [1.807, 2.05) is 0 Å². The largest absolute Gasteiger partial charge is 0.310 e. The molecule has 0 N–H and O–H groups in total. The Balaban J connectivity index is 0.992. The summed E-state index contributed by atoms with van der Waals surface area (Å²) >= 11 is 0. The fourth-order valence-corrected chi connectivity index (χ4v) is 10.3. The first-order valence-electron chi connectivity index (χ1n) is 22.1. The quantitative estimate of drug-likeness (QED) is 0.141. The highest BCUT2D eigenvalue weighted by molar-refractivity contribution is 6.25. The van der Waals surface area contributed by atoms with Crippen molar-refractivity contribution in [2.45, 2.75) is 0 Å². The fraction of sp³-hybridized carbons (Fsp3) is 0. The highest BCUT2D eigenvalue weighted by Crippen LogP contribution is 2.45. The van der Waals surface area contributed by atoms with Crippen molar-refractivity contribution in [2.24, 2.45) is 0 Å². The van der Waals surface area contributed by atoms with E-state index in [9.17, 15) is 0 Å². The normalized spacial score (nSPS) is 11.8. The average Bonchev–Trinajstić information content (AvgIpc) is 3.36. The van der Waals surface area contributed by atoms with Crippen molar-refractivity contribution >= 4 is 98.8 Å². The van der Waals surface area contributed by atoms with Crippen molar-refractivity contribution in [3.63, 3.8) is 0 Å². The number of anilines is 6. The van der Waals surface area contributed by atoms with E-state index in [0.29, 0.717) is 0 Å². The van der Waals surface area contributed by atoms with Crippen LogP contribution in [0.4, 0.5) is 34.1 Å². The Labute approximate surface area is 371 Å². The van der Waals surface area contributed by atoms with Crippen LogP contribution >= 0.6 is 0 Å². The van der Waals surface area contributed by atoms with Crippen molar-refractivity contribution in [3.05, 3.63) is 243 Å². The van der Waals surface area contributed by atoms with Crippen LogP contribution in [0.25, 0.3) is 86.9 Å². The lowest BCUT2D eigenvalue weighted by Crippen LogP contribution is -2.12. The van der Waals surface area contributed by atoms with E-state index < -0.39 is 0 Å². The summed E-state index contributed by atoms with van der Waals surface area (Å²) in [6.07, 6.45) is 0. The maximum atomic E-state index is 2.42. The maximum absolute atomic E-state index is 2.42. The predicted octanol–water partition coefficient (Wildman–Crippen LogP) is 17.8. The third kappa shape index (κ3) is 5.95. The van der Waals surface area contributed by atoms with Crippen LogP contribution in [0.5, 0.6) is 0 Å². The zero-order valence-electron chi connectivity index (χ0n) is 35.0. The highest BCUT2D eigenvalue weighted by Gasteiger charge is 2.20. The Hall–Kier alpha value is -8.46. The van der Waals surface area contributed by atoms with E-state index in [1.54, 1.807) is 0 Å². The van der Waals surface area contributed by atoms with Crippen LogP contribution in [0.15, 0.2) is 243 Å². The predicted molar refractivity (Wildman–Crippen MR) is 274 cm³/mol. The molecule has 0 saturated carbocycles. The van der Waals surface area contributed by atoms with Gasteiger partial charge in [0.1, 0.15) is 0 Å². The molecule has 13 aromatic carbocycles. The van der Waals surface area contributed by atoms with Crippen LogP contribution in [0.3, 0.4) is 0 Å². The summed E-state index contributed by atoms with van der Waals surface area (Å²) in [5.74, 6) is 0. The maximum Gasteiger partial charge on any atom is 0.0473 e. The van der Waals surface area contributed by atoms with Crippen LogP contribution in [0, 0.1) is 0 Å². The molecule has 2 heteroatoms. The first kappa shape index (κ1) is 36.2. The van der Waals surface area contributed by atoms with Crippen molar-refractivity contribution in [1.29, 1.82) is 0 Å². The second kappa shape index (κ2) is 14.6. The van der Waals surface area contributed by atoms with Gasteiger partial charge in [0.05, 0.1) is 0 Å². The van der Waals surface area contributed by atoms with Gasteiger partial charge in [-0.2, -0.15) is 0 Å². The average molecular weight is 813 g/mol. The van der Waals surface area contributed by atoms with E-state index in [0.717, 1.165) is 34.1 Å². The molecule has 13 rings (SSSR count). The van der Waals surface area contributed by atoms with Crippen molar-refractivity contribution in [2.75, 3.05) is 9.80 Å². The second-order valence-electron chi connectivity index (χ2n) is 17.0. The molecule has 0 heterocycles. The Bertz CT molecular complexity index is 3450. The number of hydrogen-bond acceptors (Lipinski definition) is 2. The molecule has 0 aliphatic carbocycles. The summed E-state index contributed by atoms with van der Waals surface area (Å²) in [6.45, 7) is 0. The number of benzene rings is 13. The summed E-state index contributed by atoms with van der Waals surface area (Å²) in [6, 6.07) is 89.2. The molecular weight excluding hydrogens is 773 g/mol. The topological polar surface area (TPSA) is 6.48 Å². The van der Waals surface area contributed by atoms with E-state index in [2.05, 4.69) is 252 Å². The summed E-state index contributed by atoms with van der Waals surface area (Å²) in [7, 11) is 0. The van der Waals surface area contributed by atoms with E-state index in [4.69, 9.17) is 0 Å². The Kier molecular flexibility index (Phi) is 8.25. The molecule has 0 spiro atoms. The molecule has 0 unspecified atom stereocenters. The van der Waals surface area contributed by atoms with Gasteiger partial charge in [-0.3, -0.25) is 0 Å². The SMILES string of the molecule is c1ccc(-c2cccc(N(c3ccc(N(c4cccc(-c5ccccc5)c4)c4cc5ccc6cccc7ccc(c4)c5c67)cc3)c3cc4ccc5cccc6ccc(c3)c4c56)c2)cc1. The monoisotopic (exact) mass is 812 g/mol. The minimum atomic E-state index is 1.08. The summed E-state index contributed by atoms with van der Waals surface area (Å²) in [5.41, 5.74) is 11.3. The molecule has 13 aromatic rings. The molecule has 0 radical (unpaired) electrons. The third-order valence-corrected chi connectivity index (χ3v) is 13.2. The van der Waals surface area contributed by atoms with E-state index >= 15 is 0 Å². The molecule has 0 atom stereocenters. The fourth-order valence-electron chi connectivity index (χ4n) is 10.3. The van der Waals surface area contributed by atoms with Crippen molar-refractivity contribution in [3.8, 4) is 22.3 Å². The van der Waals surface area contributed by atoms with E-state index in [-0.39, 0.29) is 0 Å². The zero-order chi connectivity index (χ0) is 42.1.